The van der Waals surface area contributed by atoms with E-state index >= 15 is 4.39 Å². The number of halogens is 1. The number of aliphatic hydroxyl groups is 1. The smallest absolute Gasteiger partial charge is 0.407 e. The van der Waals surface area contributed by atoms with Gasteiger partial charge in [-0.25, -0.2) is 19.0 Å². The van der Waals surface area contributed by atoms with Crippen molar-refractivity contribution in [3.8, 4) is 17.6 Å². The maximum absolute atomic E-state index is 16.1. The minimum atomic E-state index is -1.23. The second-order valence-electron chi connectivity index (χ2n) is 11.2. The molecule has 246 valence electrons. The number of ether oxygens (including phenoxy) is 2. The number of pyridine rings is 1. The first kappa shape index (κ1) is 34.1. The van der Waals surface area contributed by atoms with Gasteiger partial charge >= 0.3 is 17.5 Å². The van der Waals surface area contributed by atoms with Crippen LogP contribution in [0.1, 0.15) is 61.8 Å². The number of aromatic nitrogens is 4. The monoisotopic (exact) mass is 648 g/mol. The maximum Gasteiger partial charge on any atom is 0.407 e. The van der Waals surface area contributed by atoms with Gasteiger partial charge in [-0.15, -0.1) is 5.10 Å². The van der Waals surface area contributed by atoms with Gasteiger partial charge in [0.15, 0.2) is 17.4 Å². The molecule has 0 bridgehead atoms. The van der Waals surface area contributed by atoms with Gasteiger partial charge in [-0.1, -0.05) is 13.0 Å². The molecule has 1 atom stereocenters. The summed E-state index contributed by atoms with van der Waals surface area (Å²) in [6, 6.07) is 11.0. The van der Waals surface area contributed by atoms with Crippen molar-refractivity contribution in [1.29, 1.82) is 5.26 Å². The van der Waals surface area contributed by atoms with Crippen LogP contribution in [0.3, 0.4) is 0 Å². The van der Waals surface area contributed by atoms with E-state index in [1.165, 1.54) is 24.4 Å². The Morgan fingerprint density at radius 3 is 2.70 bits per heavy atom. The summed E-state index contributed by atoms with van der Waals surface area (Å²) in [5, 5.41) is 40.7. The van der Waals surface area contributed by atoms with Gasteiger partial charge in [-0.3, -0.25) is 15.1 Å². The molecule has 0 saturated carbocycles. The molecular formula is C31H33FN8O7. The van der Waals surface area contributed by atoms with Crippen LogP contribution in [0.4, 0.5) is 20.6 Å². The third-order valence-corrected chi connectivity index (χ3v) is 6.63. The van der Waals surface area contributed by atoms with E-state index in [4.69, 9.17) is 9.47 Å². The number of benzene rings is 2. The summed E-state index contributed by atoms with van der Waals surface area (Å²) in [6.45, 7) is 6.36. The summed E-state index contributed by atoms with van der Waals surface area (Å²) >= 11 is 0. The lowest BCUT2D eigenvalue weighted by molar-refractivity contribution is -0.385. The predicted molar refractivity (Wildman–Crippen MR) is 167 cm³/mol. The van der Waals surface area contributed by atoms with Crippen molar-refractivity contribution < 1.29 is 28.7 Å². The van der Waals surface area contributed by atoms with Crippen LogP contribution in [-0.2, 0) is 17.7 Å². The van der Waals surface area contributed by atoms with E-state index < -0.39 is 39.9 Å². The lowest BCUT2D eigenvalue weighted by Gasteiger charge is -2.22. The molecule has 0 fully saturated rings. The SMILES string of the molecule is CCc1cc(OCCO)c(F)c(C(Nc2ccc(C#N)c(CNC(=O)OC(C)(C)C)c2)c2nn(-c3ncccc3[N+](=O)[O-])c(=O)[nH]2)c1. The van der Waals surface area contributed by atoms with Gasteiger partial charge in [0.05, 0.1) is 23.2 Å². The van der Waals surface area contributed by atoms with Crippen LogP contribution in [0.5, 0.6) is 5.75 Å². The van der Waals surface area contributed by atoms with Crippen molar-refractivity contribution >= 4 is 17.5 Å². The molecule has 15 nitrogen and oxygen atoms in total. The van der Waals surface area contributed by atoms with Gasteiger partial charge in [0.1, 0.15) is 18.2 Å². The van der Waals surface area contributed by atoms with Gasteiger partial charge in [-0.05, 0) is 68.7 Å². The molecule has 4 rings (SSSR count). The van der Waals surface area contributed by atoms with Crippen LogP contribution in [0.25, 0.3) is 5.82 Å². The van der Waals surface area contributed by atoms with Crippen LogP contribution in [0, 0.1) is 27.3 Å². The van der Waals surface area contributed by atoms with Crippen molar-refractivity contribution in [2.75, 3.05) is 18.5 Å². The van der Waals surface area contributed by atoms with E-state index in [9.17, 15) is 30.1 Å². The molecule has 0 aliphatic rings. The lowest BCUT2D eigenvalue weighted by Crippen LogP contribution is -2.32. The standard InChI is InChI=1S/C31H33FN8O7/c1-5-18-13-22(25(32)24(14-18)46-12-11-41)26(27-37-29(42)39(38-27)28-23(40(44)45)7-6-10-34-28)36-21-9-8-19(16-33)20(15-21)17-35-30(43)47-31(2,3)4/h6-10,13-15,26,36,41H,5,11-12,17H2,1-4H3,(H,35,43)(H,37,38,42). The highest BCUT2D eigenvalue weighted by Gasteiger charge is 2.28. The van der Waals surface area contributed by atoms with Crippen LogP contribution in [0.15, 0.2) is 53.5 Å². The lowest BCUT2D eigenvalue weighted by atomic mass is 9.99. The summed E-state index contributed by atoms with van der Waals surface area (Å²) in [5.74, 6) is -1.45. The molecule has 16 heteroatoms. The molecule has 47 heavy (non-hydrogen) atoms. The van der Waals surface area contributed by atoms with E-state index in [2.05, 4.69) is 31.8 Å². The van der Waals surface area contributed by atoms with E-state index in [0.717, 1.165) is 6.07 Å². The highest BCUT2D eigenvalue weighted by atomic mass is 19.1. The number of amides is 1. The van der Waals surface area contributed by atoms with Gasteiger partial charge < -0.3 is 25.2 Å². The Morgan fingerprint density at radius 2 is 2.04 bits per heavy atom. The van der Waals surface area contributed by atoms with Gasteiger partial charge in [0, 0.05) is 30.1 Å². The molecule has 0 saturated heterocycles. The van der Waals surface area contributed by atoms with Gasteiger partial charge in [0.2, 0.25) is 5.82 Å². The molecule has 2 aromatic heterocycles. The fourth-order valence-corrected chi connectivity index (χ4v) is 4.54. The number of H-pyrrole nitrogens is 1. The minimum absolute atomic E-state index is 0.00787. The average molecular weight is 649 g/mol. The molecule has 4 N–H and O–H groups in total. The number of carbonyl (C=O) groups is 1. The Bertz CT molecular complexity index is 1880. The number of nitriles is 1. The Balaban J connectivity index is 1.83. The fourth-order valence-electron chi connectivity index (χ4n) is 4.54. The van der Waals surface area contributed by atoms with Crippen molar-refractivity contribution in [1.82, 2.24) is 25.1 Å². The Hall–Kier alpha value is -5.82. The molecule has 0 radical (unpaired) electrons. The highest BCUT2D eigenvalue weighted by Crippen LogP contribution is 2.33. The zero-order valence-corrected chi connectivity index (χ0v) is 26.0. The second-order valence-corrected chi connectivity index (χ2v) is 11.2. The quantitative estimate of drug-likeness (QED) is 0.127. The number of nitrogens with zero attached hydrogens (tertiary/aromatic N) is 5. The summed E-state index contributed by atoms with van der Waals surface area (Å²) in [4.78, 5) is 42.9. The molecule has 0 spiro atoms. The first-order chi connectivity index (χ1) is 22.3. The van der Waals surface area contributed by atoms with Crippen LogP contribution in [-0.4, -0.2) is 54.7 Å². The number of carbonyl (C=O) groups excluding carboxylic acids is 1. The topological polar surface area (TPSA) is 210 Å². The number of aliphatic hydroxyl groups excluding tert-OH is 1. The third-order valence-electron chi connectivity index (χ3n) is 6.63. The molecule has 0 aliphatic carbocycles. The largest absolute Gasteiger partial charge is 0.488 e. The van der Waals surface area contributed by atoms with Crippen molar-refractivity contribution in [2.24, 2.45) is 0 Å². The zero-order chi connectivity index (χ0) is 34.3. The van der Waals surface area contributed by atoms with Crippen molar-refractivity contribution in [3.05, 3.63) is 103 Å². The summed E-state index contributed by atoms with van der Waals surface area (Å²) in [6.07, 6.45) is 1.04. The summed E-state index contributed by atoms with van der Waals surface area (Å²) in [7, 11) is 0. The molecule has 2 heterocycles. The van der Waals surface area contributed by atoms with Crippen LogP contribution in [0.2, 0.25) is 0 Å². The number of nitro groups is 1. The molecule has 2 aromatic carbocycles. The Morgan fingerprint density at radius 1 is 1.28 bits per heavy atom. The minimum Gasteiger partial charge on any atom is -0.488 e. The zero-order valence-electron chi connectivity index (χ0n) is 26.0. The molecule has 0 aliphatic heterocycles. The predicted octanol–water partition coefficient (Wildman–Crippen LogP) is 4.03. The Kier molecular flexibility index (Phi) is 10.5. The number of alkyl carbamates (subject to hydrolysis) is 1. The van der Waals surface area contributed by atoms with Crippen LogP contribution >= 0.6 is 0 Å². The van der Waals surface area contributed by atoms with E-state index in [1.54, 1.807) is 39.0 Å². The number of hydrogen-bond donors (Lipinski definition) is 4. The maximum atomic E-state index is 16.1. The molecular weight excluding hydrogens is 615 g/mol. The van der Waals surface area contributed by atoms with E-state index in [-0.39, 0.29) is 48.3 Å². The van der Waals surface area contributed by atoms with E-state index in [1.807, 2.05) is 6.92 Å². The first-order valence-corrected chi connectivity index (χ1v) is 14.5. The number of hydrogen-bond acceptors (Lipinski definition) is 11. The third kappa shape index (κ3) is 8.27. The number of anilines is 1. The normalized spacial score (nSPS) is 11.8. The highest BCUT2D eigenvalue weighted by molar-refractivity contribution is 5.68. The van der Waals surface area contributed by atoms with Crippen LogP contribution < -0.4 is 21.1 Å². The fraction of sp³-hybridized carbons (Fsp3) is 0.323. The average Bonchev–Trinajstić information content (AvgIpc) is 3.42. The number of aryl methyl sites for hydroxylation is 1. The number of nitrogens with one attached hydrogen (secondary N) is 3. The van der Waals surface area contributed by atoms with E-state index in [0.29, 0.717) is 27.9 Å². The van der Waals surface area contributed by atoms with Gasteiger partial charge in [-0.2, -0.15) is 9.94 Å². The summed E-state index contributed by atoms with van der Waals surface area (Å²) < 4.78 is 27.6. The summed E-state index contributed by atoms with van der Waals surface area (Å²) in [5.41, 5.74) is -0.455. The second kappa shape index (κ2) is 14.5. The molecule has 1 amide bonds. The first-order valence-electron chi connectivity index (χ1n) is 14.5. The molecule has 1 unspecified atom stereocenters. The molecule has 4 aromatic rings. The van der Waals surface area contributed by atoms with Crippen molar-refractivity contribution in [3.63, 3.8) is 0 Å². The van der Waals surface area contributed by atoms with Crippen molar-refractivity contribution in [2.45, 2.75) is 52.3 Å². The van der Waals surface area contributed by atoms with Gasteiger partial charge in [0.25, 0.3) is 0 Å². The number of rotatable bonds is 12. The Labute approximate surface area is 268 Å². The number of aromatic amines is 1.